The molecular weight excluding hydrogens is 436 g/mol. The van der Waals surface area contributed by atoms with Crippen molar-refractivity contribution in [1.82, 2.24) is 10.3 Å². The number of amides is 2. The second-order valence-electron chi connectivity index (χ2n) is 7.10. The Morgan fingerprint density at radius 1 is 1.00 bits per heavy atom. The smallest absolute Gasteiger partial charge is 0.255 e. The van der Waals surface area contributed by atoms with Gasteiger partial charge >= 0.3 is 0 Å². The molecule has 0 aliphatic carbocycles. The van der Waals surface area contributed by atoms with Crippen LogP contribution in [0.1, 0.15) is 21.5 Å². The number of nitrogens with zero attached hydrogens (tertiary/aromatic N) is 1. The Hall–Kier alpha value is -4.53. The van der Waals surface area contributed by atoms with Gasteiger partial charge in [0.05, 0.1) is 27.0 Å². The first-order valence-corrected chi connectivity index (χ1v) is 10.3. The summed E-state index contributed by atoms with van der Waals surface area (Å²) in [5, 5.41) is 5.53. The predicted molar refractivity (Wildman–Crippen MR) is 130 cm³/mol. The summed E-state index contributed by atoms with van der Waals surface area (Å²) in [5.41, 5.74) is 8.22. The van der Waals surface area contributed by atoms with Gasteiger partial charge in [-0.2, -0.15) is 0 Å². The van der Waals surface area contributed by atoms with Gasteiger partial charge in [0.1, 0.15) is 5.82 Å². The number of hydrogen-bond donors (Lipinski definition) is 3. The van der Waals surface area contributed by atoms with Gasteiger partial charge < -0.3 is 30.6 Å². The topological polar surface area (TPSA) is 125 Å². The van der Waals surface area contributed by atoms with E-state index >= 15 is 0 Å². The van der Waals surface area contributed by atoms with Gasteiger partial charge in [-0.3, -0.25) is 9.59 Å². The molecule has 176 valence electrons. The normalized spacial score (nSPS) is 10.6. The molecule has 0 bridgehead atoms. The number of carbonyl (C=O) groups excluding carboxylic acids is 2. The lowest BCUT2D eigenvalue weighted by molar-refractivity contribution is -0.116. The van der Waals surface area contributed by atoms with Crippen molar-refractivity contribution in [3.63, 3.8) is 0 Å². The van der Waals surface area contributed by atoms with Gasteiger partial charge in [-0.15, -0.1) is 0 Å². The molecule has 0 saturated carbocycles. The number of aromatic nitrogens is 1. The molecule has 1 aromatic heterocycles. The number of methoxy groups -OCH3 is 3. The molecule has 0 spiro atoms. The van der Waals surface area contributed by atoms with Crippen LogP contribution in [0.5, 0.6) is 17.2 Å². The van der Waals surface area contributed by atoms with Crippen LogP contribution in [0.25, 0.3) is 6.08 Å². The molecule has 0 atom stereocenters. The second kappa shape index (κ2) is 11.4. The van der Waals surface area contributed by atoms with E-state index in [4.69, 9.17) is 19.9 Å². The first-order valence-electron chi connectivity index (χ1n) is 10.3. The average molecular weight is 463 g/mol. The van der Waals surface area contributed by atoms with Crippen molar-refractivity contribution in [2.24, 2.45) is 0 Å². The molecule has 34 heavy (non-hydrogen) atoms. The molecule has 2 aromatic carbocycles. The highest BCUT2D eigenvalue weighted by molar-refractivity contribution is 6.05. The molecule has 0 fully saturated rings. The molecule has 9 heteroatoms. The molecule has 4 N–H and O–H groups in total. The summed E-state index contributed by atoms with van der Waals surface area (Å²) in [5.74, 6) is 1.14. The van der Waals surface area contributed by atoms with Gasteiger partial charge in [-0.1, -0.05) is 12.1 Å². The van der Waals surface area contributed by atoms with E-state index in [1.54, 1.807) is 60.8 Å². The number of carbonyl (C=O) groups is 2. The molecule has 0 saturated heterocycles. The molecule has 3 rings (SSSR count). The standard InChI is InChI=1S/C25H26N4O5/c1-32-20-13-17(14-21(33-2)23(20)34-3)8-11-22(30)28-15-16-6-9-18(10-7-16)25(31)29-19-5-4-12-27-24(19)26/h4-14H,15H2,1-3H3,(H2,26,27)(H,28,30)(H,29,31). The number of benzene rings is 2. The van der Waals surface area contributed by atoms with Crippen LogP contribution in [0.2, 0.25) is 0 Å². The van der Waals surface area contributed by atoms with E-state index < -0.39 is 0 Å². The van der Waals surface area contributed by atoms with Crippen LogP contribution in [-0.4, -0.2) is 38.1 Å². The lowest BCUT2D eigenvalue weighted by Gasteiger charge is -2.12. The van der Waals surface area contributed by atoms with Gasteiger partial charge in [-0.25, -0.2) is 4.98 Å². The summed E-state index contributed by atoms with van der Waals surface area (Å²) in [6, 6.07) is 13.7. The third kappa shape index (κ3) is 6.04. The van der Waals surface area contributed by atoms with Crippen molar-refractivity contribution in [3.05, 3.63) is 77.5 Å². The van der Waals surface area contributed by atoms with Crippen molar-refractivity contribution in [2.45, 2.75) is 6.54 Å². The highest BCUT2D eigenvalue weighted by Gasteiger charge is 2.12. The maximum Gasteiger partial charge on any atom is 0.255 e. The van der Waals surface area contributed by atoms with Crippen LogP contribution in [0.4, 0.5) is 11.5 Å². The molecule has 9 nitrogen and oxygen atoms in total. The van der Waals surface area contributed by atoms with Crippen LogP contribution >= 0.6 is 0 Å². The Kier molecular flexibility index (Phi) is 8.07. The third-order valence-corrected chi connectivity index (χ3v) is 4.88. The van der Waals surface area contributed by atoms with Gasteiger partial charge in [0.15, 0.2) is 11.5 Å². The van der Waals surface area contributed by atoms with Gasteiger partial charge in [-0.05, 0) is 53.6 Å². The third-order valence-electron chi connectivity index (χ3n) is 4.88. The van der Waals surface area contributed by atoms with Gasteiger partial charge in [0.2, 0.25) is 11.7 Å². The Morgan fingerprint density at radius 3 is 2.26 bits per heavy atom. The molecule has 0 aliphatic rings. The first-order chi connectivity index (χ1) is 16.4. The number of rotatable bonds is 9. The summed E-state index contributed by atoms with van der Waals surface area (Å²) in [7, 11) is 4.58. The quantitative estimate of drug-likeness (QED) is 0.417. The maximum atomic E-state index is 12.4. The van der Waals surface area contributed by atoms with E-state index in [1.165, 1.54) is 27.4 Å². The van der Waals surface area contributed by atoms with E-state index in [1.807, 2.05) is 0 Å². The van der Waals surface area contributed by atoms with Crippen molar-refractivity contribution >= 4 is 29.4 Å². The van der Waals surface area contributed by atoms with E-state index in [0.29, 0.717) is 40.6 Å². The number of nitrogens with two attached hydrogens (primary N) is 1. The monoisotopic (exact) mass is 462 g/mol. The number of nitrogens with one attached hydrogen (secondary N) is 2. The van der Waals surface area contributed by atoms with Crippen LogP contribution in [-0.2, 0) is 11.3 Å². The zero-order chi connectivity index (χ0) is 24.5. The van der Waals surface area contributed by atoms with Crippen molar-refractivity contribution in [1.29, 1.82) is 0 Å². The SMILES string of the molecule is COc1cc(C=CC(=O)NCc2ccc(C(=O)Nc3cccnc3N)cc2)cc(OC)c1OC. The zero-order valence-electron chi connectivity index (χ0n) is 19.1. The molecule has 1 heterocycles. The van der Waals surface area contributed by atoms with Crippen LogP contribution in [0, 0.1) is 0 Å². The minimum atomic E-state index is -0.302. The average Bonchev–Trinajstić information content (AvgIpc) is 2.87. The molecular formula is C25H26N4O5. The number of hydrogen-bond acceptors (Lipinski definition) is 7. The van der Waals surface area contributed by atoms with E-state index in [0.717, 1.165) is 5.56 Å². The summed E-state index contributed by atoms with van der Waals surface area (Å²) in [6.07, 6.45) is 4.62. The molecule has 0 aliphatic heterocycles. The highest BCUT2D eigenvalue weighted by atomic mass is 16.5. The minimum Gasteiger partial charge on any atom is -0.493 e. The second-order valence-corrected chi connectivity index (χ2v) is 7.10. The number of anilines is 2. The predicted octanol–water partition coefficient (Wildman–Crippen LogP) is 3.27. The number of ether oxygens (including phenoxy) is 3. The summed E-state index contributed by atoms with van der Waals surface area (Å²) in [4.78, 5) is 28.6. The van der Waals surface area contributed by atoms with Gasteiger partial charge in [0.25, 0.3) is 5.91 Å². The Labute approximate surface area is 197 Å². The van der Waals surface area contributed by atoms with Crippen LogP contribution < -0.4 is 30.6 Å². The lowest BCUT2D eigenvalue weighted by Crippen LogP contribution is -2.20. The molecule has 0 radical (unpaired) electrons. The van der Waals surface area contributed by atoms with Crippen molar-refractivity contribution < 1.29 is 23.8 Å². The first kappa shape index (κ1) is 24.1. The molecule has 0 unspecified atom stereocenters. The zero-order valence-corrected chi connectivity index (χ0v) is 19.1. The lowest BCUT2D eigenvalue weighted by atomic mass is 10.1. The van der Waals surface area contributed by atoms with Crippen LogP contribution in [0.3, 0.4) is 0 Å². The van der Waals surface area contributed by atoms with Crippen molar-refractivity contribution in [3.8, 4) is 17.2 Å². The number of nitrogen functional groups attached to an aromatic ring is 1. The fourth-order valence-electron chi connectivity index (χ4n) is 3.11. The minimum absolute atomic E-state index is 0.245. The summed E-state index contributed by atoms with van der Waals surface area (Å²) < 4.78 is 15.9. The molecule has 2 amide bonds. The largest absolute Gasteiger partial charge is 0.493 e. The Morgan fingerprint density at radius 2 is 1.68 bits per heavy atom. The van der Waals surface area contributed by atoms with Crippen LogP contribution in [0.15, 0.2) is 60.8 Å². The summed E-state index contributed by atoms with van der Waals surface area (Å²) in [6.45, 7) is 0.301. The summed E-state index contributed by atoms with van der Waals surface area (Å²) >= 11 is 0. The Bertz CT molecular complexity index is 1170. The maximum absolute atomic E-state index is 12.4. The Balaban J connectivity index is 1.57. The van der Waals surface area contributed by atoms with E-state index in [9.17, 15) is 9.59 Å². The van der Waals surface area contributed by atoms with Crippen molar-refractivity contribution in [2.75, 3.05) is 32.4 Å². The fourth-order valence-corrected chi connectivity index (χ4v) is 3.11. The highest BCUT2D eigenvalue weighted by Crippen LogP contribution is 2.38. The number of pyridine rings is 1. The van der Waals surface area contributed by atoms with Gasteiger partial charge in [0, 0.05) is 24.4 Å². The fraction of sp³-hybridized carbons (Fsp3) is 0.160. The molecule has 3 aromatic rings. The van der Waals surface area contributed by atoms with E-state index in [2.05, 4.69) is 15.6 Å². The van der Waals surface area contributed by atoms with E-state index in [-0.39, 0.29) is 17.6 Å².